The highest BCUT2D eigenvalue weighted by Gasteiger charge is 2.42. The maximum atomic E-state index is 12.7. The van der Waals surface area contributed by atoms with Crippen LogP contribution >= 0.6 is 0 Å². The van der Waals surface area contributed by atoms with Gasteiger partial charge in [-0.1, -0.05) is 0 Å². The van der Waals surface area contributed by atoms with E-state index in [1.54, 1.807) is 19.4 Å². The highest BCUT2D eigenvalue weighted by Crippen LogP contribution is 2.50. The summed E-state index contributed by atoms with van der Waals surface area (Å²) in [5.41, 5.74) is 0. The number of ether oxygens (including phenoxy) is 1. The molecule has 0 atom stereocenters. The Morgan fingerprint density at radius 2 is 1.88 bits per heavy atom. The number of carbonyl (C=O) groups is 1. The van der Waals surface area contributed by atoms with E-state index in [-0.39, 0.29) is 0 Å². The van der Waals surface area contributed by atoms with E-state index in [0.717, 1.165) is 44.4 Å². The molecule has 4 rings (SSSR count). The Labute approximate surface area is 143 Å². The van der Waals surface area contributed by atoms with Crippen LogP contribution in [0.2, 0.25) is 0 Å². The first-order valence-corrected chi connectivity index (χ1v) is 9.14. The largest absolute Gasteiger partial charge is 0.481 e. The summed E-state index contributed by atoms with van der Waals surface area (Å²) in [7, 11) is 1.61. The van der Waals surface area contributed by atoms with E-state index < -0.39 is 0 Å². The first kappa shape index (κ1) is 15.7. The van der Waals surface area contributed by atoms with Crippen LogP contribution in [-0.4, -0.2) is 54.1 Å². The monoisotopic (exact) mass is 330 g/mol. The molecule has 24 heavy (non-hydrogen) atoms. The molecular weight excluding hydrogens is 304 g/mol. The van der Waals surface area contributed by atoms with Gasteiger partial charge in [-0.25, -0.2) is 4.98 Å². The Morgan fingerprint density at radius 1 is 1.21 bits per heavy atom. The molecular formula is C18H26N4O2. The summed E-state index contributed by atoms with van der Waals surface area (Å²) in [5.74, 6) is 3.97. The van der Waals surface area contributed by atoms with E-state index in [9.17, 15) is 4.79 Å². The lowest BCUT2D eigenvalue weighted by atomic mass is 9.93. The summed E-state index contributed by atoms with van der Waals surface area (Å²) in [4.78, 5) is 25.5. The highest BCUT2D eigenvalue weighted by atomic mass is 16.5. The zero-order chi connectivity index (χ0) is 16.5. The Balaban J connectivity index is 1.31. The summed E-state index contributed by atoms with van der Waals surface area (Å²) in [5, 5.41) is 0. The molecule has 1 aliphatic heterocycles. The summed E-state index contributed by atoms with van der Waals surface area (Å²) in [6, 6.07) is 1.75. The van der Waals surface area contributed by atoms with Crippen molar-refractivity contribution in [2.75, 3.05) is 38.2 Å². The van der Waals surface area contributed by atoms with Gasteiger partial charge in [0, 0.05) is 44.9 Å². The van der Waals surface area contributed by atoms with Gasteiger partial charge < -0.3 is 14.5 Å². The Morgan fingerprint density at radius 3 is 2.46 bits per heavy atom. The summed E-state index contributed by atoms with van der Waals surface area (Å²) >= 11 is 0. The Bertz CT molecular complexity index is 580. The van der Waals surface area contributed by atoms with Crippen LogP contribution in [0.4, 0.5) is 5.95 Å². The quantitative estimate of drug-likeness (QED) is 0.798. The Hall–Kier alpha value is -1.85. The molecule has 3 fully saturated rings. The van der Waals surface area contributed by atoms with Crippen molar-refractivity contribution >= 4 is 11.9 Å². The smallest absolute Gasteiger partial charge is 0.228 e. The molecule has 0 aromatic carbocycles. The molecule has 0 spiro atoms. The first-order valence-electron chi connectivity index (χ1n) is 9.14. The molecule has 6 heteroatoms. The van der Waals surface area contributed by atoms with Crippen LogP contribution < -0.4 is 9.64 Å². The van der Waals surface area contributed by atoms with Gasteiger partial charge in [-0.3, -0.25) is 4.79 Å². The van der Waals surface area contributed by atoms with Gasteiger partial charge in [-0.2, -0.15) is 4.98 Å². The number of nitrogens with zero attached hydrogens (tertiary/aromatic N) is 4. The van der Waals surface area contributed by atoms with Crippen molar-refractivity contribution in [1.29, 1.82) is 0 Å². The molecule has 2 saturated carbocycles. The van der Waals surface area contributed by atoms with Crippen LogP contribution in [0.25, 0.3) is 0 Å². The molecule has 1 amide bonds. The van der Waals surface area contributed by atoms with Crippen molar-refractivity contribution in [3.05, 3.63) is 12.3 Å². The maximum absolute atomic E-state index is 12.7. The minimum absolute atomic E-state index is 0.352. The first-order chi connectivity index (χ1) is 11.7. The molecule has 1 aromatic rings. The standard InChI is InChI=1S/C18H26N4O2/c1-24-16-6-7-19-18(20-16)22-10-8-21(9-11-22)17(23)12-15(13-2-3-13)14-4-5-14/h6-7,13-15H,2-5,8-12H2,1H3. The second-order valence-corrected chi connectivity index (χ2v) is 7.31. The predicted octanol–water partition coefficient (Wildman–Crippen LogP) is 1.96. The molecule has 1 aromatic heterocycles. The van der Waals surface area contributed by atoms with Gasteiger partial charge in [0.25, 0.3) is 0 Å². The molecule has 3 aliphatic rings. The van der Waals surface area contributed by atoms with E-state index in [1.807, 2.05) is 4.90 Å². The topological polar surface area (TPSA) is 58.6 Å². The van der Waals surface area contributed by atoms with Crippen LogP contribution in [0, 0.1) is 17.8 Å². The number of rotatable bonds is 6. The number of methoxy groups -OCH3 is 1. The third-order valence-corrected chi connectivity index (χ3v) is 5.61. The average Bonchev–Trinajstić information content (AvgIpc) is 3.53. The fraction of sp³-hybridized carbons (Fsp3) is 0.722. The molecule has 0 bridgehead atoms. The molecule has 1 saturated heterocycles. The zero-order valence-electron chi connectivity index (χ0n) is 14.4. The van der Waals surface area contributed by atoms with Gasteiger partial charge in [0.2, 0.25) is 17.7 Å². The van der Waals surface area contributed by atoms with Crippen LogP contribution in [0.3, 0.4) is 0 Å². The van der Waals surface area contributed by atoms with E-state index in [1.165, 1.54) is 25.7 Å². The lowest BCUT2D eigenvalue weighted by Crippen LogP contribution is -2.49. The second kappa shape index (κ2) is 6.57. The number of piperazine rings is 1. The third-order valence-electron chi connectivity index (χ3n) is 5.61. The van der Waals surface area contributed by atoms with Crippen LogP contribution in [0.5, 0.6) is 5.88 Å². The SMILES string of the molecule is COc1ccnc(N2CCN(C(=O)CC(C3CC3)C3CC3)CC2)n1. The van der Waals surface area contributed by atoms with Crippen LogP contribution in [-0.2, 0) is 4.79 Å². The van der Waals surface area contributed by atoms with Crippen molar-refractivity contribution < 1.29 is 9.53 Å². The van der Waals surface area contributed by atoms with Crippen molar-refractivity contribution in [3.63, 3.8) is 0 Å². The van der Waals surface area contributed by atoms with Crippen molar-refractivity contribution in [2.24, 2.45) is 17.8 Å². The van der Waals surface area contributed by atoms with Gasteiger partial charge in [-0.15, -0.1) is 0 Å². The number of hydrogen-bond donors (Lipinski definition) is 0. The molecule has 0 radical (unpaired) electrons. The number of carbonyl (C=O) groups excluding carboxylic acids is 1. The number of amides is 1. The maximum Gasteiger partial charge on any atom is 0.228 e. The third kappa shape index (κ3) is 3.47. The van der Waals surface area contributed by atoms with E-state index in [0.29, 0.717) is 23.7 Å². The fourth-order valence-electron chi connectivity index (χ4n) is 3.85. The molecule has 2 aliphatic carbocycles. The van der Waals surface area contributed by atoms with Gasteiger partial charge in [-0.05, 0) is 43.4 Å². The van der Waals surface area contributed by atoms with E-state index in [2.05, 4.69) is 14.9 Å². The molecule has 0 N–H and O–H groups in total. The van der Waals surface area contributed by atoms with Crippen LogP contribution in [0.15, 0.2) is 12.3 Å². The zero-order valence-corrected chi connectivity index (χ0v) is 14.4. The summed E-state index contributed by atoms with van der Waals surface area (Å²) in [6.07, 6.45) is 7.86. The molecule has 2 heterocycles. The van der Waals surface area contributed by atoms with Crippen LogP contribution in [0.1, 0.15) is 32.1 Å². The minimum atomic E-state index is 0.352. The number of hydrogen-bond acceptors (Lipinski definition) is 5. The Kier molecular flexibility index (Phi) is 4.29. The molecule has 0 unspecified atom stereocenters. The summed E-state index contributed by atoms with van der Waals surface area (Å²) < 4.78 is 5.16. The molecule has 130 valence electrons. The van der Waals surface area contributed by atoms with Crippen molar-refractivity contribution in [2.45, 2.75) is 32.1 Å². The normalized spacial score (nSPS) is 21.2. The lowest BCUT2D eigenvalue weighted by Gasteiger charge is -2.35. The van der Waals surface area contributed by atoms with E-state index in [4.69, 9.17) is 4.74 Å². The second-order valence-electron chi connectivity index (χ2n) is 7.31. The fourth-order valence-corrected chi connectivity index (χ4v) is 3.85. The van der Waals surface area contributed by atoms with Crippen molar-refractivity contribution in [1.82, 2.24) is 14.9 Å². The average molecular weight is 330 g/mol. The summed E-state index contributed by atoms with van der Waals surface area (Å²) in [6.45, 7) is 3.11. The minimum Gasteiger partial charge on any atom is -0.481 e. The number of anilines is 1. The van der Waals surface area contributed by atoms with Gasteiger partial charge in [0.05, 0.1) is 7.11 Å². The number of aromatic nitrogens is 2. The van der Waals surface area contributed by atoms with Gasteiger partial charge in [0.15, 0.2) is 0 Å². The van der Waals surface area contributed by atoms with Gasteiger partial charge in [0.1, 0.15) is 0 Å². The predicted molar refractivity (Wildman–Crippen MR) is 90.9 cm³/mol. The highest BCUT2D eigenvalue weighted by molar-refractivity contribution is 5.77. The van der Waals surface area contributed by atoms with Gasteiger partial charge >= 0.3 is 0 Å². The lowest BCUT2D eigenvalue weighted by molar-refractivity contribution is -0.132. The molecule has 6 nitrogen and oxygen atoms in total. The van der Waals surface area contributed by atoms with E-state index >= 15 is 0 Å². The van der Waals surface area contributed by atoms with Crippen molar-refractivity contribution in [3.8, 4) is 5.88 Å².